The molecule has 14 heteroatoms. The third kappa shape index (κ3) is 3.89. The molecule has 3 aromatic rings. The SMILES string of the molecule is FC(F)(F)c1nc2cnccn2n1.FC(F)(F)c1nc2n(n1)CCNC2. The molecule has 26 heavy (non-hydrogen) atoms. The van der Waals surface area contributed by atoms with Crippen molar-refractivity contribution in [2.24, 2.45) is 0 Å². The van der Waals surface area contributed by atoms with Gasteiger partial charge in [0, 0.05) is 18.9 Å². The minimum Gasteiger partial charge on any atom is -0.308 e. The molecule has 8 nitrogen and oxygen atoms in total. The van der Waals surface area contributed by atoms with Gasteiger partial charge in [-0.25, -0.2) is 19.2 Å². The summed E-state index contributed by atoms with van der Waals surface area (Å²) >= 11 is 0. The zero-order valence-corrected chi connectivity index (χ0v) is 12.8. The van der Waals surface area contributed by atoms with Gasteiger partial charge in [0.15, 0.2) is 5.65 Å². The van der Waals surface area contributed by atoms with Crippen LogP contribution in [0.3, 0.4) is 0 Å². The molecule has 3 aromatic heterocycles. The second kappa shape index (κ2) is 6.51. The van der Waals surface area contributed by atoms with Crippen molar-refractivity contribution in [1.82, 2.24) is 39.7 Å². The number of alkyl halides is 6. The maximum absolute atomic E-state index is 12.1. The van der Waals surface area contributed by atoms with Gasteiger partial charge >= 0.3 is 12.4 Å². The number of hydrogen-bond acceptors (Lipinski definition) is 6. The van der Waals surface area contributed by atoms with E-state index in [9.17, 15) is 26.3 Å². The molecule has 0 aromatic carbocycles. The highest BCUT2D eigenvalue weighted by Crippen LogP contribution is 2.27. The van der Waals surface area contributed by atoms with Crippen molar-refractivity contribution in [3.63, 3.8) is 0 Å². The highest BCUT2D eigenvalue weighted by Gasteiger charge is 2.37. The summed E-state index contributed by atoms with van der Waals surface area (Å²) in [6.45, 7) is 1.43. The lowest BCUT2D eigenvalue weighted by atomic mass is 10.4. The fourth-order valence-electron chi connectivity index (χ4n) is 2.05. The summed E-state index contributed by atoms with van der Waals surface area (Å²) in [6.07, 6.45) is -5.10. The summed E-state index contributed by atoms with van der Waals surface area (Å²) in [4.78, 5) is 10.3. The first-order valence-electron chi connectivity index (χ1n) is 7.10. The highest BCUT2D eigenvalue weighted by molar-refractivity contribution is 5.33. The van der Waals surface area contributed by atoms with Gasteiger partial charge in [0.25, 0.3) is 11.6 Å². The van der Waals surface area contributed by atoms with Crippen LogP contribution in [0.15, 0.2) is 18.6 Å². The number of fused-ring (bicyclic) bond motifs is 2. The Balaban J connectivity index is 0.000000151. The van der Waals surface area contributed by atoms with Crippen molar-refractivity contribution >= 4 is 5.65 Å². The maximum Gasteiger partial charge on any atom is 0.453 e. The Morgan fingerprint density at radius 3 is 2.27 bits per heavy atom. The zero-order chi connectivity index (χ0) is 18.9. The maximum atomic E-state index is 12.1. The van der Waals surface area contributed by atoms with Crippen LogP contribution in [-0.4, -0.2) is 40.9 Å². The number of nitrogens with one attached hydrogen (secondary N) is 1. The van der Waals surface area contributed by atoms with E-state index in [-0.39, 0.29) is 5.65 Å². The lowest BCUT2D eigenvalue weighted by molar-refractivity contribution is -0.145. The number of halogens is 6. The van der Waals surface area contributed by atoms with Gasteiger partial charge < -0.3 is 5.32 Å². The molecule has 0 amide bonds. The van der Waals surface area contributed by atoms with E-state index in [1.54, 1.807) is 0 Å². The van der Waals surface area contributed by atoms with Crippen LogP contribution in [0.25, 0.3) is 5.65 Å². The largest absolute Gasteiger partial charge is 0.453 e. The van der Waals surface area contributed by atoms with Gasteiger partial charge in [-0.1, -0.05) is 0 Å². The second-order valence-corrected chi connectivity index (χ2v) is 5.06. The first-order chi connectivity index (χ1) is 12.1. The Hall–Kier alpha value is -2.77. The molecular formula is C12H10F6N8. The molecule has 1 aliphatic heterocycles. The van der Waals surface area contributed by atoms with Crippen LogP contribution >= 0.6 is 0 Å². The van der Waals surface area contributed by atoms with Gasteiger partial charge in [-0.3, -0.25) is 4.98 Å². The summed E-state index contributed by atoms with van der Waals surface area (Å²) in [6, 6.07) is 0. The van der Waals surface area contributed by atoms with Gasteiger partial charge in [0.05, 0.1) is 19.3 Å². The van der Waals surface area contributed by atoms with Crippen molar-refractivity contribution in [1.29, 1.82) is 0 Å². The van der Waals surface area contributed by atoms with Crippen molar-refractivity contribution in [3.8, 4) is 0 Å². The predicted molar refractivity (Wildman–Crippen MR) is 72.5 cm³/mol. The van der Waals surface area contributed by atoms with E-state index in [4.69, 9.17) is 0 Å². The third-order valence-corrected chi connectivity index (χ3v) is 3.18. The van der Waals surface area contributed by atoms with Gasteiger partial charge in [-0.2, -0.15) is 26.3 Å². The van der Waals surface area contributed by atoms with Crippen LogP contribution in [-0.2, 0) is 25.4 Å². The molecule has 0 aliphatic carbocycles. The molecule has 0 fully saturated rings. The Kier molecular flexibility index (Phi) is 4.52. The first-order valence-corrected chi connectivity index (χ1v) is 7.10. The number of aromatic nitrogens is 7. The summed E-state index contributed by atoms with van der Waals surface area (Å²) < 4.78 is 74.9. The summed E-state index contributed by atoms with van der Waals surface area (Å²) in [7, 11) is 0. The summed E-state index contributed by atoms with van der Waals surface area (Å²) in [5, 5.41) is 9.50. The fraction of sp³-hybridized carbons (Fsp3) is 0.417. The lowest BCUT2D eigenvalue weighted by Crippen LogP contribution is -2.28. The molecule has 0 saturated carbocycles. The quantitative estimate of drug-likeness (QED) is 0.596. The highest BCUT2D eigenvalue weighted by atomic mass is 19.4. The third-order valence-electron chi connectivity index (χ3n) is 3.18. The Morgan fingerprint density at radius 2 is 1.65 bits per heavy atom. The number of hydrogen-bond donors (Lipinski definition) is 1. The van der Waals surface area contributed by atoms with Crippen LogP contribution in [0.2, 0.25) is 0 Å². The standard InChI is InChI=1S/C6H7F3N4.C6H3F3N4/c2*7-6(8,9)5-11-4-3-10-1-2-13(4)12-5/h10H,1-3H2;1-3H. The van der Waals surface area contributed by atoms with Crippen LogP contribution in [0.1, 0.15) is 17.5 Å². The predicted octanol–water partition coefficient (Wildman–Crippen LogP) is 1.54. The normalized spacial score (nSPS) is 14.7. The van der Waals surface area contributed by atoms with Crippen molar-refractivity contribution < 1.29 is 26.3 Å². The van der Waals surface area contributed by atoms with Gasteiger partial charge in [-0.15, -0.1) is 10.2 Å². The first kappa shape index (κ1) is 18.0. The summed E-state index contributed by atoms with van der Waals surface area (Å²) in [5.41, 5.74) is 0.0785. The molecule has 4 heterocycles. The second-order valence-electron chi connectivity index (χ2n) is 5.06. The topological polar surface area (TPSA) is 85.8 Å². The van der Waals surface area contributed by atoms with E-state index in [0.29, 0.717) is 25.5 Å². The average molecular weight is 380 g/mol. The molecule has 1 aliphatic rings. The summed E-state index contributed by atoms with van der Waals surface area (Å²) in [5.74, 6) is -1.86. The molecule has 0 atom stereocenters. The molecule has 1 N–H and O–H groups in total. The van der Waals surface area contributed by atoms with E-state index >= 15 is 0 Å². The number of nitrogens with zero attached hydrogens (tertiary/aromatic N) is 7. The van der Waals surface area contributed by atoms with Gasteiger partial charge in [-0.05, 0) is 0 Å². The smallest absolute Gasteiger partial charge is 0.308 e. The van der Waals surface area contributed by atoms with Crippen molar-refractivity contribution in [3.05, 3.63) is 36.1 Å². The van der Waals surface area contributed by atoms with Crippen LogP contribution in [0.4, 0.5) is 26.3 Å². The van der Waals surface area contributed by atoms with Gasteiger partial charge in [0.1, 0.15) is 5.82 Å². The van der Waals surface area contributed by atoms with Crippen LogP contribution in [0.5, 0.6) is 0 Å². The molecular weight excluding hydrogens is 370 g/mol. The molecule has 0 saturated heterocycles. The van der Waals surface area contributed by atoms with E-state index in [2.05, 4.69) is 30.5 Å². The minimum atomic E-state index is -4.51. The molecule has 4 rings (SSSR count). The van der Waals surface area contributed by atoms with E-state index in [1.165, 1.54) is 23.3 Å². The monoisotopic (exact) mass is 380 g/mol. The minimum absolute atomic E-state index is 0.0785. The molecule has 0 radical (unpaired) electrons. The number of rotatable bonds is 0. The van der Waals surface area contributed by atoms with Crippen molar-refractivity contribution in [2.75, 3.05) is 6.54 Å². The van der Waals surface area contributed by atoms with E-state index in [0.717, 1.165) is 4.52 Å². The van der Waals surface area contributed by atoms with Gasteiger partial charge in [0.2, 0.25) is 0 Å². The van der Waals surface area contributed by atoms with E-state index in [1.807, 2.05) is 0 Å². The lowest BCUT2D eigenvalue weighted by Gasteiger charge is -2.11. The Morgan fingerprint density at radius 1 is 0.962 bits per heavy atom. The molecule has 0 bridgehead atoms. The fourth-order valence-corrected chi connectivity index (χ4v) is 2.05. The Bertz CT molecular complexity index is 839. The van der Waals surface area contributed by atoms with E-state index < -0.39 is 24.0 Å². The molecule has 0 spiro atoms. The Labute approximate surface area is 140 Å². The van der Waals surface area contributed by atoms with Crippen LogP contribution < -0.4 is 5.32 Å². The van der Waals surface area contributed by atoms with Crippen LogP contribution in [0, 0.1) is 0 Å². The zero-order valence-electron chi connectivity index (χ0n) is 12.8. The van der Waals surface area contributed by atoms with Crippen molar-refractivity contribution in [2.45, 2.75) is 25.4 Å². The molecule has 0 unspecified atom stereocenters. The molecule has 140 valence electrons. The average Bonchev–Trinajstić information content (AvgIpc) is 3.19.